The van der Waals surface area contributed by atoms with Gasteiger partial charge in [0.15, 0.2) is 0 Å². The molecule has 0 aromatic carbocycles. The van der Waals surface area contributed by atoms with Crippen LogP contribution in [0, 0.1) is 0 Å². The molecule has 0 aromatic rings. The van der Waals surface area contributed by atoms with Crippen molar-refractivity contribution in [1.82, 2.24) is 4.90 Å². The molecule has 2 aliphatic heterocycles. The highest BCUT2D eigenvalue weighted by atomic mass is 16.6. The summed E-state index contributed by atoms with van der Waals surface area (Å²) in [5.41, 5.74) is 0. The highest BCUT2D eigenvalue weighted by Crippen LogP contribution is 2.24. The summed E-state index contributed by atoms with van der Waals surface area (Å²) in [7, 11) is 0. The first-order valence-corrected chi connectivity index (χ1v) is 5.39. The fraction of sp³-hybridized carbons (Fsp3) is 1.00. The van der Waals surface area contributed by atoms with Crippen LogP contribution in [-0.4, -0.2) is 43.5 Å². The Bertz CT molecular complexity index is 159. The molecular weight excluding hydrogens is 166 g/mol. The Kier molecular flexibility index (Phi) is 3.19. The Hall–Kier alpha value is -0.120. The number of piperidine rings is 1. The molecule has 2 atom stereocenters. The van der Waals surface area contributed by atoms with Gasteiger partial charge >= 0.3 is 0 Å². The van der Waals surface area contributed by atoms with Gasteiger partial charge in [0, 0.05) is 13.1 Å². The quantitative estimate of drug-likeness (QED) is 0.646. The van der Waals surface area contributed by atoms with Crippen LogP contribution in [0.4, 0.5) is 0 Å². The lowest BCUT2D eigenvalue weighted by Crippen LogP contribution is -2.53. The predicted octanol–water partition coefficient (Wildman–Crippen LogP) is 1.23. The number of hydrogen-bond donors (Lipinski definition) is 0. The Morgan fingerprint density at radius 3 is 3.00 bits per heavy atom. The second-order valence-corrected chi connectivity index (χ2v) is 3.85. The van der Waals surface area contributed by atoms with Crippen LogP contribution >= 0.6 is 0 Å². The van der Waals surface area contributed by atoms with Crippen LogP contribution in [-0.2, 0) is 9.47 Å². The van der Waals surface area contributed by atoms with Crippen LogP contribution in [0.25, 0.3) is 0 Å². The molecule has 2 saturated heterocycles. The molecule has 0 radical (unpaired) electrons. The summed E-state index contributed by atoms with van der Waals surface area (Å²) in [5.74, 6) is 0. The zero-order chi connectivity index (χ0) is 9.10. The minimum absolute atomic E-state index is 0.252. The zero-order valence-electron chi connectivity index (χ0n) is 8.37. The monoisotopic (exact) mass is 185 g/mol. The molecule has 2 fully saturated rings. The third kappa shape index (κ3) is 2.03. The average molecular weight is 185 g/mol. The van der Waals surface area contributed by atoms with Crippen LogP contribution in [0.3, 0.4) is 0 Å². The zero-order valence-corrected chi connectivity index (χ0v) is 8.37. The number of likely N-dealkylation sites (tertiary alicyclic amines) is 1. The smallest absolute Gasteiger partial charge is 0.137 e. The SMILES string of the molecule is CCCN1CCCC2OCCOC21. The van der Waals surface area contributed by atoms with Gasteiger partial charge in [-0.2, -0.15) is 0 Å². The van der Waals surface area contributed by atoms with Crippen molar-refractivity contribution in [1.29, 1.82) is 0 Å². The summed E-state index contributed by atoms with van der Waals surface area (Å²) in [6.07, 6.45) is 4.22. The third-order valence-corrected chi connectivity index (χ3v) is 2.83. The van der Waals surface area contributed by atoms with Crippen molar-refractivity contribution in [2.24, 2.45) is 0 Å². The molecule has 76 valence electrons. The molecule has 0 N–H and O–H groups in total. The van der Waals surface area contributed by atoms with Crippen molar-refractivity contribution in [2.45, 2.75) is 38.5 Å². The second kappa shape index (κ2) is 4.40. The molecule has 0 saturated carbocycles. The molecule has 0 spiro atoms. The fourth-order valence-electron chi connectivity index (χ4n) is 2.27. The molecule has 3 heteroatoms. The fourth-order valence-corrected chi connectivity index (χ4v) is 2.27. The van der Waals surface area contributed by atoms with Gasteiger partial charge in [-0.15, -0.1) is 0 Å². The van der Waals surface area contributed by atoms with E-state index in [1.165, 1.54) is 25.8 Å². The first-order chi connectivity index (χ1) is 6.42. The van der Waals surface area contributed by atoms with E-state index in [-0.39, 0.29) is 6.23 Å². The first-order valence-electron chi connectivity index (χ1n) is 5.39. The summed E-state index contributed by atoms with van der Waals surface area (Å²) in [4.78, 5) is 2.42. The lowest BCUT2D eigenvalue weighted by molar-refractivity contribution is -0.212. The molecule has 3 nitrogen and oxygen atoms in total. The largest absolute Gasteiger partial charge is 0.372 e. The Balaban J connectivity index is 1.94. The van der Waals surface area contributed by atoms with Crippen LogP contribution in [0.2, 0.25) is 0 Å². The van der Waals surface area contributed by atoms with Crippen molar-refractivity contribution >= 4 is 0 Å². The van der Waals surface area contributed by atoms with Crippen molar-refractivity contribution in [3.63, 3.8) is 0 Å². The third-order valence-electron chi connectivity index (χ3n) is 2.83. The molecule has 0 bridgehead atoms. The number of hydrogen-bond acceptors (Lipinski definition) is 3. The molecule has 0 aromatic heterocycles. The van der Waals surface area contributed by atoms with Gasteiger partial charge in [0.05, 0.1) is 19.3 Å². The van der Waals surface area contributed by atoms with Gasteiger partial charge < -0.3 is 9.47 Å². The van der Waals surface area contributed by atoms with Crippen LogP contribution in [0.5, 0.6) is 0 Å². The molecule has 0 aliphatic carbocycles. The highest BCUT2D eigenvalue weighted by Gasteiger charge is 2.34. The highest BCUT2D eigenvalue weighted by molar-refractivity contribution is 4.80. The summed E-state index contributed by atoms with van der Waals surface area (Å²) in [6, 6.07) is 0. The maximum atomic E-state index is 5.75. The van der Waals surface area contributed by atoms with Gasteiger partial charge in [-0.25, -0.2) is 0 Å². The molecule has 13 heavy (non-hydrogen) atoms. The average Bonchev–Trinajstić information content (AvgIpc) is 2.19. The Labute approximate surface area is 80.0 Å². The minimum Gasteiger partial charge on any atom is -0.372 e. The summed E-state index contributed by atoms with van der Waals surface area (Å²) >= 11 is 0. The number of ether oxygens (including phenoxy) is 2. The lowest BCUT2D eigenvalue weighted by Gasteiger charge is -2.43. The van der Waals surface area contributed by atoms with E-state index in [0.29, 0.717) is 6.10 Å². The lowest BCUT2D eigenvalue weighted by atomic mass is 10.1. The summed E-state index contributed by atoms with van der Waals surface area (Å²) < 4.78 is 11.4. The minimum atomic E-state index is 0.252. The molecule has 2 rings (SSSR count). The van der Waals surface area contributed by atoms with E-state index < -0.39 is 0 Å². The Morgan fingerprint density at radius 2 is 2.15 bits per heavy atom. The van der Waals surface area contributed by atoms with Gasteiger partial charge in [0.25, 0.3) is 0 Å². The Morgan fingerprint density at radius 1 is 1.31 bits per heavy atom. The standard InChI is InChI=1S/C10H19NO2/c1-2-5-11-6-3-4-9-10(11)13-8-7-12-9/h9-10H,2-8H2,1H3. The van der Waals surface area contributed by atoms with Crippen LogP contribution in [0.1, 0.15) is 26.2 Å². The van der Waals surface area contributed by atoms with Crippen molar-refractivity contribution in [3.8, 4) is 0 Å². The van der Waals surface area contributed by atoms with E-state index in [1.54, 1.807) is 0 Å². The van der Waals surface area contributed by atoms with Gasteiger partial charge in [0.1, 0.15) is 6.23 Å². The molecule has 2 unspecified atom stereocenters. The van der Waals surface area contributed by atoms with Gasteiger partial charge in [-0.05, 0) is 19.3 Å². The van der Waals surface area contributed by atoms with E-state index in [2.05, 4.69) is 11.8 Å². The van der Waals surface area contributed by atoms with E-state index in [9.17, 15) is 0 Å². The maximum absolute atomic E-state index is 5.75. The summed E-state index contributed by atoms with van der Waals surface area (Å²) in [6.45, 7) is 6.08. The molecule has 2 aliphatic rings. The number of rotatable bonds is 2. The van der Waals surface area contributed by atoms with Crippen molar-refractivity contribution in [3.05, 3.63) is 0 Å². The normalized spacial score (nSPS) is 35.8. The number of fused-ring (bicyclic) bond motifs is 1. The second-order valence-electron chi connectivity index (χ2n) is 3.85. The van der Waals surface area contributed by atoms with E-state index >= 15 is 0 Å². The van der Waals surface area contributed by atoms with E-state index in [1.807, 2.05) is 0 Å². The van der Waals surface area contributed by atoms with Crippen LogP contribution < -0.4 is 0 Å². The van der Waals surface area contributed by atoms with Crippen molar-refractivity contribution in [2.75, 3.05) is 26.3 Å². The molecule has 0 amide bonds. The van der Waals surface area contributed by atoms with Crippen LogP contribution in [0.15, 0.2) is 0 Å². The summed E-state index contributed by atoms with van der Waals surface area (Å²) in [5, 5.41) is 0. The molecular formula is C10H19NO2. The van der Waals surface area contributed by atoms with E-state index in [4.69, 9.17) is 9.47 Å². The number of nitrogens with zero attached hydrogens (tertiary/aromatic N) is 1. The maximum Gasteiger partial charge on any atom is 0.137 e. The predicted molar refractivity (Wildman–Crippen MR) is 50.6 cm³/mol. The molecule has 2 heterocycles. The topological polar surface area (TPSA) is 21.7 Å². The first kappa shape index (κ1) is 9.44. The van der Waals surface area contributed by atoms with E-state index in [0.717, 1.165) is 19.8 Å². The van der Waals surface area contributed by atoms with Gasteiger partial charge in [0.2, 0.25) is 0 Å². The van der Waals surface area contributed by atoms with Gasteiger partial charge in [-0.1, -0.05) is 6.92 Å². The van der Waals surface area contributed by atoms with Crippen molar-refractivity contribution < 1.29 is 9.47 Å². The van der Waals surface area contributed by atoms with Gasteiger partial charge in [-0.3, -0.25) is 4.90 Å².